The second-order valence-corrected chi connectivity index (χ2v) is 10.7. The molecular formula is C27H28F4N6O2. The molecule has 1 aliphatic heterocycles. The molecule has 0 saturated carbocycles. The van der Waals surface area contributed by atoms with Crippen LogP contribution in [0.5, 0.6) is 0 Å². The van der Waals surface area contributed by atoms with E-state index in [-0.39, 0.29) is 33.8 Å². The molecule has 0 bridgehead atoms. The molecule has 8 nitrogen and oxygen atoms in total. The van der Waals surface area contributed by atoms with Crippen LogP contribution in [0.2, 0.25) is 0 Å². The Balaban J connectivity index is 1.64. The lowest BCUT2D eigenvalue weighted by Gasteiger charge is -2.34. The number of hydrogen-bond donors (Lipinski definition) is 3. The summed E-state index contributed by atoms with van der Waals surface area (Å²) in [6.45, 7) is 6.11. The average molecular weight is 545 g/mol. The van der Waals surface area contributed by atoms with Crippen LogP contribution in [0.4, 0.5) is 29.2 Å². The van der Waals surface area contributed by atoms with Crippen LogP contribution in [0.25, 0.3) is 16.7 Å². The van der Waals surface area contributed by atoms with E-state index in [1.165, 1.54) is 32.2 Å². The van der Waals surface area contributed by atoms with Gasteiger partial charge in [0.1, 0.15) is 17.7 Å². The largest absolute Gasteiger partial charge is 0.408 e. The fourth-order valence-electron chi connectivity index (χ4n) is 5.00. The second kappa shape index (κ2) is 9.16. The number of benzene rings is 2. The first-order chi connectivity index (χ1) is 18.1. The maximum Gasteiger partial charge on any atom is 0.408 e. The molecule has 3 heterocycles. The molecule has 5 rings (SSSR count). The standard InChI is InChI=1S/C27H28F4N6O2/c1-25(2)19-7-5-16(11-15(19)9-10-33-25)34-24-32-13-18-22(35-24)37(36(23(18)38)14-27(29,30)31)17-6-8-21(28)20(12-17)26(3,4)39/h5-8,11-13,33,39H,9-10,14H2,1-4H3,(H,32,34,35). The molecule has 0 unspecified atom stereocenters. The van der Waals surface area contributed by atoms with Crippen LogP contribution >= 0.6 is 0 Å². The van der Waals surface area contributed by atoms with Gasteiger partial charge >= 0.3 is 6.18 Å². The highest BCUT2D eigenvalue weighted by Crippen LogP contribution is 2.31. The number of aromatic nitrogens is 4. The average Bonchev–Trinajstić information content (AvgIpc) is 3.08. The summed E-state index contributed by atoms with van der Waals surface area (Å²) in [4.78, 5) is 21.6. The maximum atomic E-state index is 14.5. The Bertz CT molecular complexity index is 1630. The Hall–Kier alpha value is -3.77. The van der Waals surface area contributed by atoms with Gasteiger partial charge in [0.05, 0.1) is 11.3 Å². The zero-order valence-electron chi connectivity index (χ0n) is 21.8. The number of nitrogens with one attached hydrogen (secondary N) is 2. The number of alkyl halides is 3. The lowest BCUT2D eigenvalue weighted by Crippen LogP contribution is -2.42. The number of aliphatic hydroxyl groups is 1. The summed E-state index contributed by atoms with van der Waals surface area (Å²) in [5, 5.41) is 16.8. The molecule has 4 aromatic rings. The van der Waals surface area contributed by atoms with E-state index in [0.29, 0.717) is 10.4 Å². The van der Waals surface area contributed by atoms with Crippen molar-refractivity contribution in [2.24, 2.45) is 0 Å². The van der Waals surface area contributed by atoms with Crippen LogP contribution in [0.1, 0.15) is 44.4 Å². The SMILES string of the molecule is CC(C)(O)c1cc(-n2c3nc(Nc4ccc5c(c4)CCNC5(C)C)ncc3c(=O)n2CC(F)(F)F)ccc1F. The summed E-state index contributed by atoms with van der Waals surface area (Å²) < 4.78 is 56.5. The van der Waals surface area contributed by atoms with Crippen molar-refractivity contribution in [2.45, 2.75) is 58.0 Å². The fraction of sp³-hybridized carbons (Fsp3) is 0.370. The van der Waals surface area contributed by atoms with E-state index in [1.807, 2.05) is 18.2 Å². The lowest BCUT2D eigenvalue weighted by molar-refractivity contribution is -0.144. The van der Waals surface area contributed by atoms with Gasteiger partial charge in [-0.3, -0.25) is 4.79 Å². The monoisotopic (exact) mass is 544 g/mol. The minimum absolute atomic E-state index is 0.0260. The van der Waals surface area contributed by atoms with Gasteiger partial charge < -0.3 is 15.7 Å². The van der Waals surface area contributed by atoms with Crippen molar-refractivity contribution in [3.05, 3.63) is 75.5 Å². The first-order valence-corrected chi connectivity index (χ1v) is 12.4. The predicted molar refractivity (Wildman–Crippen MR) is 139 cm³/mol. The van der Waals surface area contributed by atoms with Gasteiger partial charge in [0.25, 0.3) is 5.56 Å². The third-order valence-corrected chi connectivity index (χ3v) is 6.85. The minimum atomic E-state index is -4.73. The highest BCUT2D eigenvalue weighted by atomic mass is 19.4. The van der Waals surface area contributed by atoms with Crippen LogP contribution in [-0.4, -0.2) is 37.2 Å². The van der Waals surface area contributed by atoms with E-state index >= 15 is 0 Å². The number of fused-ring (bicyclic) bond motifs is 2. The first-order valence-electron chi connectivity index (χ1n) is 12.4. The van der Waals surface area contributed by atoms with E-state index in [2.05, 4.69) is 34.4 Å². The van der Waals surface area contributed by atoms with Crippen molar-refractivity contribution in [3.63, 3.8) is 0 Å². The van der Waals surface area contributed by atoms with Gasteiger partial charge in [0.15, 0.2) is 5.65 Å². The van der Waals surface area contributed by atoms with E-state index in [4.69, 9.17) is 0 Å². The van der Waals surface area contributed by atoms with Crippen LogP contribution in [0, 0.1) is 5.82 Å². The normalized spacial score (nSPS) is 15.4. The molecule has 0 amide bonds. The molecule has 39 heavy (non-hydrogen) atoms. The van der Waals surface area contributed by atoms with Gasteiger partial charge in [0.2, 0.25) is 5.95 Å². The number of hydrogen-bond acceptors (Lipinski definition) is 6. The van der Waals surface area contributed by atoms with Crippen LogP contribution in [0.3, 0.4) is 0 Å². The quantitative estimate of drug-likeness (QED) is 0.317. The Labute approximate surface area is 221 Å². The van der Waals surface area contributed by atoms with Crippen molar-refractivity contribution < 1.29 is 22.7 Å². The van der Waals surface area contributed by atoms with Crippen LogP contribution in [0.15, 0.2) is 47.4 Å². The number of rotatable bonds is 5. The fourth-order valence-corrected chi connectivity index (χ4v) is 5.00. The predicted octanol–water partition coefficient (Wildman–Crippen LogP) is 4.64. The molecular weight excluding hydrogens is 516 g/mol. The van der Waals surface area contributed by atoms with E-state index in [0.717, 1.165) is 34.8 Å². The Morgan fingerprint density at radius 1 is 1.15 bits per heavy atom. The van der Waals surface area contributed by atoms with Gasteiger partial charge in [0, 0.05) is 23.0 Å². The molecule has 0 fully saturated rings. The second-order valence-electron chi connectivity index (χ2n) is 10.7. The van der Waals surface area contributed by atoms with Gasteiger partial charge in [-0.15, -0.1) is 0 Å². The van der Waals surface area contributed by atoms with Crippen LogP contribution in [-0.2, 0) is 24.1 Å². The smallest absolute Gasteiger partial charge is 0.386 e. The molecule has 0 spiro atoms. The summed E-state index contributed by atoms with van der Waals surface area (Å²) in [5.41, 5.74) is -0.00150. The molecule has 2 aromatic heterocycles. The zero-order valence-corrected chi connectivity index (χ0v) is 21.8. The van der Waals surface area contributed by atoms with Crippen molar-refractivity contribution in [1.82, 2.24) is 24.6 Å². The first kappa shape index (κ1) is 26.8. The molecule has 0 aliphatic carbocycles. The van der Waals surface area contributed by atoms with Crippen molar-refractivity contribution in [2.75, 3.05) is 11.9 Å². The van der Waals surface area contributed by atoms with Gasteiger partial charge in [-0.1, -0.05) is 6.07 Å². The lowest BCUT2D eigenvalue weighted by atomic mass is 9.85. The van der Waals surface area contributed by atoms with Gasteiger partial charge in [-0.2, -0.15) is 18.2 Å². The van der Waals surface area contributed by atoms with E-state index in [1.54, 1.807) is 0 Å². The third-order valence-electron chi connectivity index (χ3n) is 6.85. The third kappa shape index (κ3) is 5.13. The van der Waals surface area contributed by atoms with Crippen molar-refractivity contribution >= 4 is 22.7 Å². The minimum Gasteiger partial charge on any atom is -0.386 e. The summed E-state index contributed by atoms with van der Waals surface area (Å²) in [6, 6.07) is 9.29. The highest BCUT2D eigenvalue weighted by molar-refractivity contribution is 5.77. The molecule has 1 aliphatic rings. The van der Waals surface area contributed by atoms with Crippen molar-refractivity contribution in [3.8, 4) is 5.69 Å². The Morgan fingerprint density at radius 3 is 2.59 bits per heavy atom. The molecule has 0 saturated heterocycles. The number of anilines is 2. The maximum absolute atomic E-state index is 14.5. The molecule has 3 N–H and O–H groups in total. The highest BCUT2D eigenvalue weighted by Gasteiger charge is 2.33. The number of nitrogens with zero attached hydrogens (tertiary/aromatic N) is 4. The molecule has 206 valence electrons. The summed E-state index contributed by atoms with van der Waals surface area (Å²) in [6.07, 6.45) is -2.74. The van der Waals surface area contributed by atoms with E-state index < -0.39 is 29.7 Å². The Morgan fingerprint density at radius 2 is 1.90 bits per heavy atom. The van der Waals surface area contributed by atoms with Gasteiger partial charge in [-0.25, -0.2) is 18.7 Å². The zero-order chi connectivity index (χ0) is 28.3. The molecule has 0 radical (unpaired) electrons. The molecule has 2 aromatic carbocycles. The number of halogens is 4. The summed E-state index contributed by atoms with van der Waals surface area (Å²) in [7, 11) is 0. The summed E-state index contributed by atoms with van der Waals surface area (Å²) >= 11 is 0. The van der Waals surface area contributed by atoms with E-state index in [9.17, 15) is 27.5 Å². The Kier molecular flexibility index (Phi) is 6.30. The van der Waals surface area contributed by atoms with Crippen LogP contribution < -0.4 is 16.2 Å². The topological polar surface area (TPSA) is 97.0 Å². The molecule has 0 atom stereocenters. The summed E-state index contributed by atoms with van der Waals surface area (Å²) in [5.74, 6) is -0.673. The van der Waals surface area contributed by atoms with Crippen molar-refractivity contribution in [1.29, 1.82) is 0 Å². The molecule has 12 heteroatoms. The van der Waals surface area contributed by atoms with Gasteiger partial charge in [-0.05, 0) is 82.1 Å².